The SMILES string of the molecule is COc1cccc(C[C@H]2CN(C(=O)c3cn[nH]c3C)CCO2)c1. The lowest BCUT2D eigenvalue weighted by atomic mass is 10.1. The molecular weight excluding hydrogens is 294 g/mol. The molecular formula is C17H21N3O3. The summed E-state index contributed by atoms with van der Waals surface area (Å²) in [6, 6.07) is 7.94. The number of aryl methyl sites for hydroxylation is 1. The third-order valence-corrected chi connectivity index (χ3v) is 4.08. The molecule has 0 bridgehead atoms. The zero-order valence-corrected chi connectivity index (χ0v) is 13.4. The molecule has 1 aromatic carbocycles. The summed E-state index contributed by atoms with van der Waals surface area (Å²) < 4.78 is 11.1. The summed E-state index contributed by atoms with van der Waals surface area (Å²) in [5.74, 6) is 0.843. The zero-order chi connectivity index (χ0) is 16.2. The predicted octanol–water partition coefficient (Wildman–Crippen LogP) is 1.81. The second-order valence-corrected chi connectivity index (χ2v) is 5.71. The maximum absolute atomic E-state index is 12.6. The molecule has 23 heavy (non-hydrogen) atoms. The molecule has 6 heteroatoms. The van der Waals surface area contributed by atoms with Gasteiger partial charge >= 0.3 is 0 Å². The highest BCUT2D eigenvalue weighted by molar-refractivity contribution is 5.95. The first kappa shape index (κ1) is 15.6. The van der Waals surface area contributed by atoms with Crippen molar-refractivity contribution in [1.29, 1.82) is 0 Å². The summed E-state index contributed by atoms with van der Waals surface area (Å²) in [5, 5.41) is 6.74. The Morgan fingerprint density at radius 1 is 1.52 bits per heavy atom. The second kappa shape index (κ2) is 6.83. The number of ether oxygens (including phenoxy) is 2. The Labute approximate surface area is 135 Å². The van der Waals surface area contributed by atoms with E-state index >= 15 is 0 Å². The summed E-state index contributed by atoms with van der Waals surface area (Å²) in [4.78, 5) is 14.4. The van der Waals surface area contributed by atoms with E-state index in [-0.39, 0.29) is 12.0 Å². The highest BCUT2D eigenvalue weighted by atomic mass is 16.5. The molecule has 1 aliphatic rings. The van der Waals surface area contributed by atoms with Crippen LogP contribution in [0, 0.1) is 6.92 Å². The number of aromatic nitrogens is 2. The number of aromatic amines is 1. The number of hydrogen-bond donors (Lipinski definition) is 1. The van der Waals surface area contributed by atoms with Gasteiger partial charge in [-0.2, -0.15) is 5.10 Å². The van der Waals surface area contributed by atoms with E-state index in [1.165, 1.54) is 0 Å². The Balaban J connectivity index is 1.66. The largest absolute Gasteiger partial charge is 0.497 e. The minimum atomic E-state index is -0.00740. The van der Waals surface area contributed by atoms with Crippen LogP contribution in [0.4, 0.5) is 0 Å². The number of H-pyrrole nitrogens is 1. The monoisotopic (exact) mass is 315 g/mol. The Morgan fingerprint density at radius 2 is 2.39 bits per heavy atom. The summed E-state index contributed by atoms with van der Waals surface area (Å²) in [6.45, 7) is 3.60. The third kappa shape index (κ3) is 3.53. The number of amides is 1. The number of carbonyl (C=O) groups is 1. The van der Waals surface area contributed by atoms with Gasteiger partial charge in [-0.3, -0.25) is 9.89 Å². The highest BCUT2D eigenvalue weighted by Gasteiger charge is 2.26. The fourth-order valence-corrected chi connectivity index (χ4v) is 2.83. The van der Waals surface area contributed by atoms with Crippen LogP contribution in [0.1, 0.15) is 21.6 Å². The summed E-state index contributed by atoms with van der Waals surface area (Å²) in [5.41, 5.74) is 2.57. The molecule has 1 fully saturated rings. The average molecular weight is 315 g/mol. The van der Waals surface area contributed by atoms with Gasteiger partial charge in [0.05, 0.1) is 31.6 Å². The zero-order valence-electron chi connectivity index (χ0n) is 13.4. The van der Waals surface area contributed by atoms with E-state index < -0.39 is 0 Å². The van der Waals surface area contributed by atoms with Gasteiger partial charge in [0.15, 0.2) is 0 Å². The average Bonchev–Trinajstić information content (AvgIpc) is 3.00. The lowest BCUT2D eigenvalue weighted by Gasteiger charge is -2.33. The number of methoxy groups -OCH3 is 1. The van der Waals surface area contributed by atoms with Crippen LogP contribution in [0.2, 0.25) is 0 Å². The molecule has 2 heterocycles. The quantitative estimate of drug-likeness (QED) is 0.934. The van der Waals surface area contributed by atoms with Gasteiger partial charge in [0.1, 0.15) is 5.75 Å². The Hall–Kier alpha value is -2.34. The van der Waals surface area contributed by atoms with Crippen LogP contribution in [0.3, 0.4) is 0 Å². The van der Waals surface area contributed by atoms with E-state index in [1.54, 1.807) is 13.3 Å². The first-order valence-corrected chi connectivity index (χ1v) is 7.71. The van der Waals surface area contributed by atoms with Gasteiger partial charge in [-0.15, -0.1) is 0 Å². The molecule has 1 aromatic heterocycles. The first-order chi connectivity index (χ1) is 11.2. The van der Waals surface area contributed by atoms with Crippen LogP contribution in [0.5, 0.6) is 5.75 Å². The van der Waals surface area contributed by atoms with Crippen LogP contribution >= 0.6 is 0 Å². The number of hydrogen-bond acceptors (Lipinski definition) is 4. The minimum Gasteiger partial charge on any atom is -0.497 e. The molecule has 2 aromatic rings. The van der Waals surface area contributed by atoms with Gasteiger partial charge in [0.2, 0.25) is 0 Å². The molecule has 1 N–H and O–H groups in total. The lowest BCUT2D eigenvalue weighted by molar-refractivity contribution is -0.0208. The van der Waals surface area contributed by atoms with Gasteiger partial charge in [-0.25, -0.2) is 0 Å². The maximum atomic E-state index is 12.6. The van der Waals surface area contributed by atoms with E-state index in [4.69, 9.17) is 9.47 Å². The smallest absolute Gasteiger partial charge is 0.257 e. The Bertz CT molecular complexity index is 683. The highest BCUT2D eigenvalue weighted by Crippen LogP contribution is 2.18. The van der Waals surface area contributed by atoms with Crippen LogP contribution < -0.4 is 4.74 Å². The number of rotatable bonds is 4. The second-order valence-electron chi connectivity index (χ2n) is 5.71. The van der Waals surface area contributed by atoms with E-state index in [9.17, 15) is 4.79 Å². The number of morpholine rings is 1. The molecule has 1 aliphatic heterocycles. The van der Waals surface area contributed by atoms with Crippen molar-refractivity contribution in [2.45, 2.75) is 19.4 Å². The van der Waals surface area contributed by atoms with Crippen molar-refractivity contribution in [2.24, 2.45) is 0 Å². The number of nitrogens with one attached hydrogen (secondary N) is 1. The first-order valence-electron chi connectivity index (χ1n) is 7.71. The fourth-order valence-electron chi connectivity index (χ4n) is 2.83. The van der Waals surface area contributed by atoms with Crippen molar-refractivity contribution >= 4 is 5.91 Å². The topological polar surface area (TPSA) is 67.5 Å². The van der Waals surface area contributed by atoms with Crippen molar-refractivity contribution in [1.82, 2.24) is 15.1 Å². The van der Waals surface area contributed by atoms with Gasteiger partial charge in [-0.1, -0.05) is 12.1 Å². The third-order valence-electron chi connectivity index (χ3n) is 4.08. The van der Waals surface area contributed by atoms with Crippen molar-refractivity contribution in [3.8, 4) is 5.75 Å². The van der Waals surface area contributed by atoms with E-state index in [0.29, 0.717) is 25.3 Å². The van der Waals surface area contributed by atoms with E-state index in [2.05, 4.69) is 10.2 Å². The standard InChI is InChI=1S/C17H21N3O3/c1-12-16(10-18-19-12)17(21)20-6-7-23-15(11-20)9-13-4-3-5-14(8-13)22-2/h3-5,8,10,15H,6-7,9,11H2,1-2H3,(H,18,19)/t15-/m0/s1. The van der Waals surface area contributed by atoms with Crippen LogP contribution in [0.25, 0.3) is 0 Å². The molecule has 6 nitrogen and oxygen atoms in total. The Morgan fingerprint density at radius 3 is 3.13 bits per heavy atom. The maximum Gasteiger partial charge on any atom is 0.257 e. The summed E-state index contributed by atoms with van der Waals surface area (Å²) in [7, 11) is 1.66. The normalized spacial score (nSPS) is 18.0. The van der Waals surface area contributed by atoms with Crippen molar-refractivity contribution < 1.29 is 14.3 Å². The lowest BCUT2D eigenvalue weighted by Crippen LogP contribution is -2.46. The predicted molar refractivity (Wildman–Crippen MR) is 85.7 cm³/mol. The van der Waals surface area contributed by atoms with Crippen molar-refractivity contribution in [2.75, 3.05) is 26.8 Å². The van der Waals surface area contributed by atoms with Crippen LogP contribution in [-0.4, -0.2) is 53.9 Å². The van der Waals surface area contributed by atoms with Crippen LogP contribution in [-0.2, 0) is 11.2 Å². The summed E-state index contributed by atoms with van der Waals surface area (Å²) in [6.07, 6.45) is 2.34. The Kier molecular flexibility index (Phi) is 4.62. The van der Waals surface area contributed by atoms with E-state index in [1.807, 2.05) is 36.1 Å². The molecule has 122 valence electrons. The van der Waals surface area contributed by atoms with Gasteiger partial charge in [0, 0.05) is 25.2 Å². The van der Waals surface area contributed by atoms with Crippen LogP contribution in [0.15, 0.2) is 30.5 Å². The molecule has 1 amide bonds. The van der Waals surface area contributed by atoms with Gasteiger partial charge in [0.25, 0.3) is 5.91 Å². The van der Waals surface area contributed by atoms with Crippen molar-refractivity contribution in [3.63, 3.8) is 0 Å². The molecule has 1 saturated heterocycles. The molecule has 1 atom stereocenters. The molecule has 3 rings (SSSR count). The molecule has 0 unspecified atom stereocenters. The minimum absolute atomic E-state index is 0.00740. The molecule has 0 radical (unpaired) electrons. The van der Waals surface area contributed by atoms with E-state index in [0.717, 1.165) is 23.4 Å². The summed E-state index contributed by atoms with van der Waals surface area (Å²) >= 11 is 0. The molecule has 0 saturated carbocycles. The fraction of sp³-hybridized carbons (Fsp3) is 0.412. The number of nitrogens with zero attached hydrogens (tertiary/aromatic N) is 2. The molecule has 0 spiro atoms. The van der Waals surface area contributed by atoms with Crippen molar-refractivity contribution in [3.05, 3.63) is 47.3 Å². The van der Waals surface area contributed by atoms with Gasteiger partial charge in [-0.05, 0) is 24.6 Å². The van der Waals surface area contributed by atoms with Gasteiger partial charge < -0.3 is 14.4 Å². The molecule has 0 aliphatic carbocycles. The number of carbonyl (C=O) groups excluding carboxylic acids is 1. The number of benzene rings is 1.